The van der Waals surface area contributed by atoms with Crippen molar-refractivity contribution in [2.75, 3.05) is 0 Å². The van der Waals surface area contributed by atoms with Gasteiger partial charge in [-0.15, -0.1) is 11.3 Å². The first-order chi connectivity index (χ1) is 6.09. The van der Waals surface area contributed by atoms with Crippen LogP contribution < -0.4 is 0 Å². The molecule has 1 rings (SSSR count). The summed E-state index contributed by atoms with van der Waals surface area (Å²) >= 11 is 5.15. The van der Waals surface area contributed by atoms with Crippen molar-refractivity contribution in [1.29, 1.82) is 0 Å². The third-order valence-electron chi connectivity index (χ3n) is 2.05. The van der Waals surface area contributed by atoms with Crippen molar-refractivity contribution in [3.05, 3.63) is 20.8 Å². The molecule has 13 heavy (non-hydrogen) atoms. The molecule has 0 N–H and O–H groups in total. The van der Waals surface area contributed by atoms with Gasteiger partial charge in [-0.05, 0) is 34.8 Å². The van der Waals surface area contributed by atoms with E-state index in [4.69, 9.17) is 4.74 Å². The van der Waals surface area contributed by atoms with Gasteiger partial charge < -0.3 is 4.74 Å². The van der Waals surface area contributed by atoms with Crippen LogP contribution in [0.15, 0.2) is 15.9 Å². The van der Waals surface area contributed by atoms with Crippen LogP contribution in [0.4, 0.5) is 0 Å². The van der Waals surface area contributed by atoms with Gasteiger partial charge in [-0.2, -0.15) is 0 Å². The molecule has 1 aromatic rings. The molecule has 0 radical (unpaired) electrons. The summed E-state index contributed by atoms with van der Waals surface area (Å²) in [6, 6.07) is 2.11. The van der Waals surface area contributed by atoms with Crippen molar-refractivity contribution < 1.29 is 4.74 Å². The summed E-state index contributed by atoms with van der Waals surface area (Å²) in [6.45, 7) is 7.20. The molecule has 0 bridgehead atoms. The third-order valence-corrected chi connectivity index (χ3v) is 3.72. The predicted molar refractivity (Wildman–Crippen MR) is 61.1 cm³/mol. The van der Waals surface area contributed by atoms with E-state index in [1.54, 1.807) is 11.3 Å². The van der Waals surface area contributed by atoms with Crippen LogP contribution in [0, 0.1) is 5.92 Å². The molecule has 0 aliphatic rings. The molecule has 0 amide bonds. The lowest BCUT2D eigenvalue weighted by molar-refractivity contribution is 0.0249. The quantitative estimate of drug-likeness (QED) is 0.795. The summed E-state index contributed by atoms with van der Waals surface area (Å²) in [5.41, 5.74) is 0. The second-order valence-corrected chi connectivity index (χ2v) is 5.40. The highest BCUT2D eigenvalue weighted by Crippen LogP contribution is 2.21. The molecule has 0 saturated heterocycles. The Hall–Kier alpha value is 0.140. The fourth-order valence-corrected chi connectivity index (χ4v) is 2.21. The van der Waals surface area contributed by atoms with Crippen molar-refractivity contribution in [3.63, 3.8) is 0 Å². The smallest absolute Gasteiger partial charge is 0.0813 e. The maximum absolute atomic E-state index is 5.69. The molecular formula is C10H15BrOS. The summed E-state index contributed by atoms with van der Waals surface area (Å²) in [7, 11) is 0. The summed E-state index contributed by atoms with van der Waals surface area (Å²) in [6.07, 6.45) is 0.334. The molecule has 0 aromatic carbocycles. The van der Waals surface area contributed by atoms with E-state index in [9.17, 15) is 0 Å². The Morgan fingerprint density at radius 1 is 1.46 bits per heavy atom. The molecule has 0 spiro atoms. The Labute approximate surface area is 92.2 Å². The Balaban J connectivity index is 2.35. The van der Waals surface area contributed by atoms with Crippen molar-refractivity contribution in [3.8, 4) is 0 Å². The Morgan fingerprint density at radius 2 is 2.15 bits per heavy atom. The number of thiophene rings is 1. The van der Waals surface area contributed by atoms with E-state index in [1.807, 2.05) is 0 Å². The fourth-order valence-electron chi connectivity index (χ4n) is 0.836. The van der Waals surface area contributed by atoms with E-state index in [0.717, 1.165) is 11.1 Å². The summed E-state index contributed by atoms with van der Waals surface area (Å²) in [4.78, 5) is 1.28. The Bertz CT molecular complexity index is 257. The van der Waals surface area contributed by atoms with Crippen LogP contribution in [0.1, 0.15) is 25.6 Å². The maximum Gasteiger partial charge on any atom is 0.0813 e. The zero-order chi connectivity index (χ0) is 9.84. The van der Waals surface area contributed by atoms with Crippen molar-refractivity contribution in [2.24, 2.45) is 5.92 Å². The van der Waals surface area contributed by atoms with Crippen LogP contribution in [-0.4, -0.2) is 6.10 Å². The van der Waals surface area contributed by atoms with Crippen molar-refractivity contribution in [2.45, 2.75) is 33.5 Å². The van der Waals surface area contributed by atoms with Gasteiger partial charge in [-0.3, -0.25) is 0 Å². The number of halogens is 1. The molecule has 3 heteroatoms. The van der Waals surface area contributed by atoms with Crippen molar-refractivity contribution in [1.82, 2.24) is 0 Å². The molecule has 74 valence electrons. The standard InChI is InChI=1S/C10H15BrOS/c1-7(2)8(3)12-5-10-4-9(11)6-13-10/h4,6-8H,5H2,1-3H3. The SMILES string of the molecule is CC(C)C(C)OCc1cc(Br)cs1. The molecule has 1 nitrogen and oxygen atoms in total. The minimum Gasteiger partial charge on any atom is -0.373 e. The molecule has 1 aromatic heterocycles. The van der Waals surface area contributed by atoms with Crippen LogP contribution >= 0.6 is 27.3 Å². The lowest BCUT2D eigenvalue weighted by Crippen LogP contribution is -2.14. The summed E-state index contributed by atoms with van der Waals surface area (Å²) < 4.78 is 6.84. The molecule has 0 saturated carbocycles. The van der Waals surface area contributed by atoms with Gasteiger partial charge >= 0.3 is 0 Å². The second kappa shape index (κ2) is 5.13. The van der Waals surface area contributed by atoms with Gasteiger partial charge in [0.1, 0.15) is 0 Å². The number of hydrogen-bond donors (Lipinski definition) is 0. The van der Waals surface area contributed by atoms with E-state index in [2.05, 4.69) is 48.1 Å². The first-order valence-electron chi connectivity index (χ1n) is 4.44. The van der Waals surface area contributed by atoms with Gasteiger partial charge in [-0.1, -0.05) is 13.8 Å². The average Bonchev–Trinajstić information content (AvgIpc) is 2.47. The van der Waals surface area contributed by atoms with E-state index in [0.29, 0.717) is 12.0 Å². The van der Waals surface area contributed by atoms with Crippen LogP contribution in [0.3, 0.4) is 0 Å². The van der Waals surface area contributed by atoms with Gasteiger partial charge in [0.25, 0.3) is 0 Å². The monoisotopic (exact) mass is 262 g/mol. The minimum atomic E-state index is 0.334. The van der Waals surface area contributed by atoms with Crippen LogP contribution in [0.5, 0.6) is 0 Å². The topological polar surface area (TPSA) is 9.23 Å². The minimum absolute atomic E-state index is 0.334. The predicted octanol–water partition coefficient (Wildman–Crippen LogP) is 4.07. The lowest BCUT2D eigenvalue weighted by Gasteiger charge is -2.15. The molecule has 0 aliphatic heterocycles. The van der Waals surface area contributed by atoms with Crippen LogP contribution in [-0.2, 0) is 11.3 Å². The molecular weight excluding hydrogens is 248 g/mol. The van der Waals surface area contributed by atoms with Crippen LogP contribution in [0.25, 0.3) is 0 Å². The highest BCUT2D eigenvalue weighted by molar-refractivity contribution is 9.10. The van der Waals surface area contributed by atoms with E-state index >= 15 is 0 Å². The second-order valence-electron chi connectivity index (χ2n) is 3.49. The highest BCUT2D eigenvalue weighted by Gasteiger charge is 2.07. The van der Waals surface area contributed by atoms with Gasteiger partial charge in [0, 0.05) is 14.7 Å². The average molecular weight is 263 g/mol. The number of hydrogen-bond acceptors (Lipinski definition) is 2. The number of ether oxygens (including phenoxy) is 1. The van der Waals surface area contributed by atoms with E-state index in [1.165, 1.54) is 4.88 Å². The zero-order valence-corrected chi connectivity index (χ0v) is 10.6. The molecule has 1 heterocycles. The first kappa shape index (κ1) is 11.2. The van der Waals surface area contributed by atoms with Crippen molar-refractivity contribution >= 4 is 27.3 Å². The third kappa shape index (κ3) is 3.79. The Morgan fingerprint density at radius 3 is 2.62 bits per heavy atom. The molecule has 0 aliphatic carbocycles. The van der Waals surface area contributed by atoms with E-state index in [-0.39, 0.29) is 0 Å². The zero-order valence-electron chi connectivity index (χ0n) is 8.21. The van der Waals surface area contributed by atoms with Gasteiger partial charge in [0.15, 0.2) is 0 Å². The highest BCUT2D eigenvalue weighted by atomic mass is 79.9. The van der Waals surface area contributed by atoms with E-state index < -0.39 is 0 Å². The summed E-state index contributed by atoms with van der Waals surface area (Å²) in [5, 5.41) is 2.08. The largest absolute Gasteiger partial charge is 0.373 e. The lowest BCUT2D eigenvalue weighted by atomic mass is 10.1. The summed E-state index contributed by atoms with van der Waals surface area (Å²) in [5.74, 6) is 0.586. The van der Waals surface area contributed by atoms with Gasteiger partial charge in [-0.25, -0.2) is 0 Å². The normalized spacial score (nSPS) is 13.6. The first-order valence-corrected chi connectivity index (χ1v) is 6.11. The maximum atomic E-state index is 5.69. The fraction of sp³-hybridized carbons (Fsp3) is 0.600. The molecule has 1 unspecified atom stereocenters. The van der Waals surface area contributed by atoms with Gasteiger partial charge in [0.05, 0.1) is 12.7 Å². The molecule has 1 atom stereocenters. The number of rotatable bonds is 4. The van der Waals surface area contributed by atoms with Gasteiger partial charge in [0.2, 0.25) is 0 Å². The molecule has 0 fully saturated rings. The Kier molecular flexibility index (Phi) is 4.42. The van der Waals surface area contributed by atoms with Crippen LogP contribution in [0.2, 0.25) is 0 Å².